The summed E-state index contributed by atoms with van der Waals surface area (Å²) >= 11 is 1.76. The highest BCUT2D eigenvalue weighted by Gasteiger charge is 2.34. The molecule has 0 radical (unpaired) electrons. The Bertz CT molecular complexity index is 1040. The molecule has 2 amide bonds. The van der Waals surface area contributed by atoms with Gasteiger partial charge in [-0.15, -0.1) is 0 Å². The van der Waals surface area contributed by atoms with Gasteiger partial charge < -0.3 is 25.0 Å². The van der Waals surface area contributed by atoms with Gasteiger partial charge in [0.2, 0.25) is 0 Å². The van der Waals surface area contributed by atoms with E-state index in [0.29, 0.717) is 30.8 Å². The minimum absolute atomic E-state index is 0.0730. The summed E-state index contributed by atoms with van der Waals surface area (Å²) in [6, 6.07) is 8.45. The highest BCUT2D eigenvalue weighted by Crippen LogP contribution is 2.40. The predicted molar refractivity (Wildman–Crippen MR) is 111 cm³/mol. The van der Waals surface area contributed by atoms with E-state index in [4.69, 9.17) is 9.47 Å². The van der Waals surface area contributed by atoms with Crippen LogP contribution in [0.2, 0.25) is 0 Å². The maximum Gasteiger partial charge on any atom is 0.262 e. The van der Waals surface area contributed by atoms with E-state index in [2.05, 4.69) is 17.6 Å². The zero-order chi connectivity index (χ0) is 20.8. The number of ether oxygens (including phenoxy) is 2. The number of hydrogen-bond donors (Lipinski definition) is 2. The molecule has 1 fully saturated rings. The molecular weight excluding hydrogens is 409 g/mol. The monoisotopic (exact) mass is 429 g/mol. The molecule has 2 N–H and O–H groups in total. The normalized spacial score (nSPS) is 19.7. The molecule has 3 aliphatic rings. The number of carbonyl (C=O) groups is 2. The minimum atomic E-state index is -0.659. The first-order chi connectivity index (χ1) is 14.5. The summed E-state index contributed by atoms with van der Waals surface area (Å²) in [7, 11) is 0. The van der Waals surface area contributed by atoms with Crippen molar-refractivity contribution in [2.24, 2.45) is 5.92 Å². The van der Waals surface area contributed by atoms with Gasteiger partial charge in [-0.05, 0) is 31.2 Å². The van der Waals surface area contributed by atoms with Crippen molar-refractivity contribution in [1.29, 1.82) is 0 Å². The summed E-state index contributed by atoms with van der Waals surface area (Å²) in [6.45, 7) is 3.43. The molecule has 0 saturated carbocycles. The first-order valence-corrected chi connectivity index (χ1v) is 10.6. The summed E-state index contributed by atoms with van der Waals surface area (Å²) < 4.78 is 25.5. The van der Waals surface area contributed by atoms with Gasteiger partial charge in [-0.25, -0.2) is 4.39 Å². The van der Waals surface area contributed by atoms with Crippen molar-refractivity contribution in [1.82, 2.24) is 4.90 Å². The van der Waals surface area contributed by atoms with Crippen molar-refractivity contribution in [3.8, 4) is 11.5 Å². The van der Waals surface area contributed by atoms with E-state index in [1.165, 1.54) is 11.0 Å². The van der Waals surface area contributed by atoms with Crippen molar-refractivity contribution in [3.63, 3.8) is 0 Å². The van der Waals surface area contributed by atoms with Crippen molar-refractivity contribution in [2.45, 2.75) is 17.2 Å². The van der Waals surface area contributed by atoms with E-state index in [1.807, 2.05) is 18.2 Å². The van der Waals surface area contributed by atoms with Crippen LogP contribution in [0.3, 0.4) is 0 Å². The largest absolute Gasteiger partial charge is 0.493 e. The van der Waals surface area contributed by atoms with E-state index in [0.717, 1.165) is 17.5 Å². The number of rotatable bonds is 4. The summed E-state index contributed by atoms with van der Waals surface area (Å²) in [5.74, 6) is -0.165. The maximum absolute atomic E-state index is 14.4. The van der Waals surface area contributed by atoms with Crippen LogP contribution in [0.5, 0.6) is 11.5 Å². The van der Waals surface area contributed by atoms with Gasteiger partial charge in [0.1, 0.15) is 17.3 Å². The van der Waals surface area contributed by atoms with Crippen LogP contribution >= 0.6 is 11.8 Å². The van der Waals surface area contributed by atoms with Gasteiger partial charge in [0, 0.05) is 35.7 Å². The number of anilines is 2. The highest BCUT2D eigenvalue weighted by atomic mass is 32.2. The number of likely N-dealkylation sites (tertiary alicyclic amines) is 1. The molecule has 2 aromatic carbocycles. The highest BCUT2D eigenvalue weighted by molar-refractivity contribution is 8.00. The van der Waals surface area contributed by atoms with Crippen LogP contribution < -0.4 is 20.1 Å². The second kappa shape index (κ2) is 7.39. The Morgan fingerprint density at radius 2 is 2.13 bits per heavy atom. The van der Waals surface area contributed by atoms with Crippen LogP contribution in [0.15, 0.2) is 35.2 Å². The van der Waals surface area contributed by atoms with Gasteiger partial charge in [-0.2, -0.15) is 0 Å². The van der Waals surface area contributed by atoms with E-state index >= 15 is 0 Å². The molecule has 0 aliphatic carbocycles. The van der Waals surface area contributed by atoms with Crippen molar-refractivity contribution >= 4 is 35.0 Å². The molecule has 5 rings (SSSR count). The lowest BCUT2D eigenvalue weighted by Crippen LogP contribution is -2.52. The van der Waals surface area contributed by atoms with Crippen molar-refractivity contribution < 1.29 is 23.5 Å². The number of nitrogens with zero attached hydrogens (tertiary/aromatic N) is 1. The first-order valence-electron chi connectivity index (χ1n) is 9.72. The van der Waals surface area contributed by atoms with Crippen LogP contribution in [-0.4, -0.2) is 48.4 Å². The number of amides is 2. The third kappa shape index (κ3) is 3.54. The fraction of sp³-hybridized carbons (Fsp3) is 0.333. The van der Waals surface area contributed by atoms with Crippen LogP contribution in [0.25, 0.3) is 0 Å². The Morgan fingerprint density at radius 1 is 1.30 bits per heavy atom. The fourth-order valence-electron chi connectivity index (χ4n) is 3.74. The number of carbonyl (C=O) groups excluding carboxylic acids is 2. The van der Waals surface area contributed by atoms with Crippen LogP contribution in [0.1, 0.15) is 17.3 Å². The number of halogens is 1. The number of thioether (sulfide) groups is 1. The Hall–Kier alpha value is -2.94. The fourth-order valence-corrected chi connectivity index (χ4v) is 4.74. The number of nitrogens with one attached hydrogen (secondary N) is 2. The molecule has 156 valence electrons. The van der Waals surface area contributed by atoms with E-state index in [1.54, 1.807) is 16.7 Å². The molecule has 9 heteroatoms. The third-order valence-corrected chi connectivity index (χ3v) is 6.34. The molecule has 1 saturated heterocycles. The van der Waals surface area contributed by atoms with Crippen molar-refractivity contribution in [3.05, 3.63) is 41.7 Å². The minimum Gasteiger partial charge on any atom is -0.493 e. The van der Waals surface area contributed by atoms with Gasteiger partial charge in [-0.1, -0.05) is 11.8 Å². The quantitative estimate of drug-likeness (QED) is 0.777. The zero-order valence-electron chi connectivity index (χ0n) is 16.2. The molecular formula is C21H20FN3O4S. The summed E-state index contributed by atoms with van der Waals surface area (Å²) in [6.07, 6.45) is 0. The van der Waals surface area contributed by atoms with Crippen LogP contribution in [0.4, 0.5) is 15.8 Å². The molecule has 0 spiro atoms. The Labute approximate surface area is 176 Å². The predicted octanol–water partition coefficient (Wildman–Crippen LogP) is 3.17. The van der Waals surface area contributed by atoms with E-state index in [9.17, 15) is 14.0 Å². The number of hydrogen-bond acceptors (Lipinski definition) is 6. The van der Waals surface area contributed by atoms with Crippen molar-refractivity contribution in [2.75, 3.05) is 36.9 Å². The third-order valence-electron chi connectivity index (χ3n) is 5.28. The average Bonchev–Trinajstić information content (AvgIpc) is 3.05. The Kier molecular flexibility index (Phi) is 4.69. The van der Waals surface area contributed by atoms with E-state index in [-0.39, 0.29) is 29.7 Å². The summed E-state index contributed by atoms with van der Waals surface area (Å²) in [5.41, 5.74) is 1.36. The molecule has 2 aromatic rings. The lowest BCUT2D eigenvalue weighted by molar-refractivity contribution is -0.118. The van der Waals surface area contributed by atoms with Gasteiger partial charge >= 0.3 is 0 Å². The topological polar surface area (TPSA) is 79.9 Å². The summed E-state index contributed by atoms with van der Waals surface area (Å²) in [4.78, 5) is 26.9. The lowest BCUT2D eigenvalue weighted by atomic mass is 9.99. The molecule has 0 bridgehead atoms. The summed E-state index contributed by atoms with van der Waals surface area (Å²) in [5, 5.41) is 6.32. The number of fused-ring (bicyclic) bond motifs is 2. The van der Waals surface area contributed by atoms with Gasteiger partial charge in [0.25, 0.3) is 11.8 Å². The zero-order valence-corrected chi connectivity index (χ0v) is 17.1. The Balaban J connectivity index is 1.17. The van der Waals surface area contributed by atoms with Gasteiger partial charge in [-0.3, -0.25) is 9.59 Å². The Morgan fingerprint density at radius 3 is 2.97 bits per heavy atom. The van der Waals surface area contributed by atoms with Gasteiger partial charge in [0.15, 0.2) is 6.61 Å². The molecule has 0 aromatic heterocycles. The number of benzene rings is 2. The first kappa shape index (κ1) is 19.0. The van der Waals surface area contributed by atoms with Crippen LogP contribution in [0, 0.1) is 11.7 Å². The van der Waals surface area contributed by atoms with Crippen LogP contribution in [-0.2, 0) is 4.79 Å². The van der Waals surface area contributed by atoms with Gasteiger partial charge in [0.05, 0.1) is 23.2 Å². The SMILES string of the molecule is CC1Nc2ccc(OCC3CN(C(=O)c4cc5c(cc4F)OCC(=O)N5)C3)cc2S1. The average molecular weight is 429 g/mol. The molecule has 3 heterocycles. The molecule has 1 unspecified atom stereocenters. The molecule has 3 aliphatic heterocycles. The lowest BCUT2D eigenvalue weighted by Gasteiger charge is -2.39. The van der Waals surface area contributed by atoms with E-state index < -0.39 is 11.7 Å². The smallest absolute Gasteiger partial charge is 0.262 e. The maximum atomic E-state index is 14.4. The molecule has 30 heavy (non-hydrogen) atoms. The standard InChI is InChI=1S/C21H20FN3O4S/c1-11-23-16-3-2-13(4-19(16)30-11)28-9-12-7-25(8-12)21(27)14-5-17-18(6-15(14)22)29-10-20(26)24-17/h2-6,11-12,23H,7-10H2,1H3,(H,24,26). The second-order valence-corrected chi connectivity index (χ2v) is 9.00. The second-order valence-electron chi connectivity index (χ2n) is 7.61. The molecule has 7 nitrogen and oxygen atoms in total. The molecule has 1 atom stereocenters.